The first-order valence-electron chi connectivity index (χ1n) is 9.12. The number of hydrogen-bond acceptors (Lipinski definition) is 6. The molecule has 0 radical (unpaired) electrons. The highest BCUT2D eigenvalue weighted by atomic mass is 35.5. The van der Waals surface area contributed by atoms with Crippen LogP contribution >= 0.6 is 11.6 Å². The molecule has 29 heavy (non-hydrogen) atoms. The maximum atomic E-state index is 13.2. The quantitative estimate of drug-likeness (QED) is 0.740. The van der Waals surface area contributed by atoms with Crippen molar-refractivity contribution in [2.45, 2.75) is 37.3 Å². The molecule has 2 aliphatic rings. The third-order valence-corrected chi connectivity index (χ3v) is 6.31. The lowest BCUT2D eigenvalue weighted by molar-refractivity contribution is -0.120. The van der Waals surface area contributed by atoms with Crippen molar-refractivity contribution < 1.29 is 17.6 Å². The predicted molar refractivity (Wildman–Crippen MR) is 110 cm³/mol. The van der Waals surface area contributed by atoms with Crippen molar-refractivity contribution in [2.75, 3.05) is 11.6 Å². The topological polar surface area (TPSA) is 88.5 Å². The first-order chi connectivity index (χ1) is 13.6. The molecular formula is C20H19ClFN3O3S. The third kappa shape index (κ3) is 4.18. The Kier molecular flexibility index (Phi) is 4.94. The number of carbonyl (C=O) groups excluding carboxylic acids is 1. The highest BCUT2D eigenvalue weighted by Crippen LogP contribution is 2.39. The summed E-state index contributed by atoms with van der Waals surface area (Å²) in [4.78, 5) is 21.3. The molecule has 6 nitrogen and oxygen atoms in total. The van der Waals surface area contributed by atoms with Crippen LogP contribution in [0.2, 0.25) is 5.02 Å². The third-order valence-electron chi connectivity index (χ3n) is 4.94. The summed E-state index contributed by atoms with van der Waals surface area (Å²) in [5.74, 6) is -0.706. The molecule has 4 rings (SSSR count). The van der Waals surface area contributed by atoms with Gasteiger partial charge in [-0.25, -0.2) is 12.8 Å². The van der Waals surface area contributed by atoms with E-state index in [1.54, 1.807) is 18.2 Å². The Labute approximate surface area is 173 Å². The maximum Gasteiger partial charge on any atom is 0.177 e. The zero-order valence-corrected chi connectivity index (χ0v) is 17.4. The lowest BCUT2D eigenvalue weighted by atomic mass is 10.1. The largest absolute Gasteiger partial charge is 0.353 e. The van der Waals surface area contributed by atoms with Gasteiger partial charge in [0.15, 0.2) is 9.84 Å². The van der Waals surface area contributed by atoms with Gasteiger partial charge in [0.05, 0.1) is 33.6 Å². The molecule has 152 valence electrons. The van der Waals surface area contributed by atoms with Gasteiger partial charge in [0.2, 0.25) is 0 Å². The summed E-state index contributed by atoms with van der Waals surface area (Å²) >= 11 is 5.98. The fraction of sp³-hybridized carbons (Fsp3) is 0.350. The van der Waals surface area contributed by atoms with Crippen LogP contribution in [-0.2, 0) is 27.5 Å². The van der Waals surface area contributed by atoms with Crippen LogP contribution in [0.3, 0.4) is 0 Å². The Morgan fingerprint density at radius 2 is 2.03 bits per heavy atom. The van der Waals surface area contributed by atoms with Crippen LogP contribution in [0.1, 0.15) is 24.7 Å². The van der Waals surface area contributed by atoms with E-state index in [-0.39, 0.29) is 23.5 Å². The number of rotatable bonds is 6. The second-order valence-corrected chi connectivity index (χ2v) is 9.94. The van der Waals surface area contributed by atoms with Crippen LogP contribution in [0.4, 0.5) is 21.5 Å². The molecule has 1 aromatic heterocycles. The van der Waals surface area contributed by atoms with Crippen LogP contribution < -0.4 is 5.32 Å². The van der Waals surface area contributed by atoms with E-state index >= 15 is 0 Å². The molecule has 1 aliphatic carbocycles. The Bertz CT molecular complexity index is 1160. The number of Topliss-reactive ketones (excluding diaryl/α,β-unsaturated/α-hetero) is 1. The minimum absolute atomic E-state index is 0.0334. The monoisotopic (exact) mass is 435 g/mol. The number of nitrogens with zero attached hydrogens (tertiary/aromatic N) is 2. The first kappa shape index (κ1) is 20.0. The summed E-state index contributed by atoms with van der Waals surface area (Å²) in [5, 5.41) is 3.43. The SMILES string of the molecule is CC1=Nc2c(Nc3ccc(Cl)cc3S(C)(=O)=O)cc(CC(=O)[C@H]3C[C@H]3F)nc2C1. The molecule has 0 saturated heterocycles. The van der Waals surface area contributed by atoms with E-state index in [1.807, 2.05) is 6.92 Å². The van der Waals surface area contributed by atoms with Crippen LogP contribution in [0.25, 0.3) is 0 Å². The highest BCUT2D eigenvalue weighted by Gasteiger charge is 2.43. The number of hydrogen-bond donors (Lipinski definition) is 1. The molecule has 2 aromatic rings. The van der Waals surface area contributed by atoms with Crippen molar-refractivity contribution in [1.82, 2.24) is 4.98 Å². The average molecular weight is 436 g/mol. The molecule has 0 amide bonds. The normalized spacial score (nSPS) is 20.2. The number of alkyl halides is 1. The van der Waals surface area contributed by atoms with Gasteiger partial charge < -0.3 is 5.32 Å². The van der Waals surface area contributed by atoms with Crippen LogP contribution in [0.5, 0.6) is 0 Å². The zero-order valence-electron chi connectivity index (χ0n) is 15.9. The number of benzene rings is 1. The zero-order chi connectivity index (χ0) is 20.9. The van der Waals surface area contributed by atoms with Crippen molar-refractivity contribution in [1.29, 1.82) is 0 Å². The molecule has 2 heterocycles. The lowest BCUT2D eigenvalue weighted by Crippen LogP contribution is -2.10. The van der Waals surface area contributed by atoms with Gasteiger partial charge >= 0.3 is 0 Å². The van der Waals surface area contributed by atoms with E-state index in [2.05, 4.69) is 15.3 Å². The van der Waals surface area contributed by atoms with E-state index in [0.717, 1.165) is 12.0 Å². The number of carbonyl (C=O) groups is 1. The van der Waals surface area contributed by atoms with Gasteiger partial charge in [0, 0.05) is 29.8 Å². The fourth-order valence-electron chi connectivity index (χ4n) is 3.41. The van der Waals surface area contributed by atoms with Crippen LogP contribution in [-0.4, -0.2) is 37.3 Å². The Hall–Kier alpha value is -2.32. The number of fused-ring (bicyclic) bond motifs is 1. The molecule has 1 fully saturated rings. The highest BCUT2D eigenvalue weighted by molar-refractivity contribution is 7.90. The summed E-state index contributed by atoms with van der Waals surface area (Å²) in [6, 6.07) is 6.23. The summed E-state index contributed by atoms with van der Waals surface area (Å²) in [6.07, 6.45) is 0.911. The number of pyridine rings is 1. The number of sulfone groups is 1. The Morgan fingerprint density at radius 3 is 2.69 bits per heavy atom. The van der Waals surface area contributed by atoms with Crippen molar-refractivity contribution >= 4 is 50.0 Å². The number of anilines is 2. The number of nitrogens with one attached hydrogen (secondary N) is 1. The van der Waals surface area contributed by atoms with Crippen molar-refractivity contribution in [2.24, 2.45) is 10.9 Å². The average Bonchev–Trinajstić information content (AvgIpc) is 3.23. The molecule has 0 unspecified atom stereocenters. The maximum absolute atomic E-state index is 13.2. The number of ketones is 1. The van der Waals surface area contributed by atoms with Gasteiger partial charge in [-0.2, -0.15) is 0 Å². The van der Waals surface area contributed by atoms with E-state index in [1.165, 1.54) is 6.07 Å². The summed E-state index contributed by atoms with van der Waals surface area (Å²) < 4.78 is 37.6. The molecule has 9 heteroatoms. The summed E-state index contributed by atoms with van der Waals surface area (Å²) in [5.41, 5.74) is 3.60. The van der Waals surface area contributed by atoms with Crippen molar-refractivity contribution in [3.63, 3.8) is 0 Å². The summed E-state index contributed by atoms with van der Waals surface area (Å²) in [7, 11) is -3.53. The molecule has 1 aliphatic heterocycles. The van der Waals surface area contributed by atoms with E-state index in [9.17, 15) is 17.6 Å². The van der Waals surface area contributed by atoms with E-state index < -0.39 is 21.9 Å². The molecule has 1 N–H and O–H groups in total. The molecule has 0 bridgehead atoms. The van der Waals surface area contributed by atoms with Gasteiger partial charge in [-0.15, -0.1) is 0 Å². The van der Waals surface area contributed by atoms with E-state index in [4.69, 9.17) is 11.6 Å². The van der Waals surface area contributed by atoms with Gasteiger partial charge in [-0.3, -0.25) is 14.8 Å². The van der Waals surface area contributed by atoms with Crippen LogP contribution in [0.15, 0.2) is 34.2 Å². The molecular weight excluding hydrogens is 417 g/mol. The molecule has 2 atom stereocenters. The molecule has 0 spiro atoms. The fourth-order valence-corrected chi connectivity index (χ4v) is 4.51. The minimum atomic E-state index is -3.53. The molecule has 1 saturated carbocycles. The second-order valence-electron chi connectivity index (χ2n) is 7.52. The van der Waals surface area contributed by atoms with Crippen molar-refractivity contribution in [3.8, 4) is 0 Å². The second kappa shape index (κ2) is 7.18. The number of aromatic nitrogens is 1. The standard InChI is InChI=1S/C20H19ClFN3O3S/c1-10-5-16-20(23-10)17(7-12(24-16)8-18(26)13-9-14(13)22)25-15-4-3-11(21)6-19(15)29(2,27)28/h3-4,6-7,13-14H,5,8-9H2,1-2H3,(H,24,25)/t13-,14+/m0/s1. The smallest absolute Gasteiger partial charge is 0.177 e. The number of halogens is 2. The van der Waals surface area contributed by atoms with Crippen molar-refractivity contribution in [3.05, 3.63) is 40.7 Å². The minimum Gasteiger partial charge on any atom is -0.353 e. The van der Waals surface area contributed by atoms with Gasteiger partial charge in [0.25, 0.3) is 0 Å². The van der Waals surface area contributed by atoms with Gasteiger partial charge in [0.1, 0.15) is 17.6 Å². The van der Waals surface area contributed by atoms with Gasteiger partial charge in [-0.05, 0) is 37.6 Å². The van der Waals surface area contributed by atoms with Crippen LogP contribution in [0, 0.1) is 5.92 Å². The predicted octanol–water partition coefficient (Wildman–Crippen LogP) is 4.00. The van der Waals surface area contributed by atoms with E-state index in [0.29, 0.717) is 39.9 Å². The lowest BCUT2D eigenvalue weighted by Gasteiger charge is -2.15. The summed E-state index contributed by atoms with van der Waals surface area (Å²) in [6.45, 7) is 1.87. The van der Waals surface area contributed by atoms with Gasteiger partial charge in [-0.1, -0.05) is 11.6 Å². The molecule has 1 aromatic carbocycles. The first-order valence-corrected chi connectivity index (χ1v) is 11.4. The number of aliphatic imine (C=N–C) groups is 1. The Balaban J connectivity index is 1.73. The Morgan fingerprint density at radius 1 is 1.31 bits per heavy atom.